The molecule has 1 fully saturated rings. The summed E-state index contributed by atoms with van der Waals surface area (Å²) in [5, 5.41) is 42.0. The number of aromatic amines is 1. The number of H-pyrrole nitrogens is 1. The maximum Gasteiger partial charge on any atom is 0.411 e. The Morgan fingerprint density at radius 2 is 1.94 bits per heavy atom. The van der Waals surface area contributed by atoms with Gasteiger partial charge in [0.1, 0.15) is 28.4 Å². The molecular formula is C44H48N4O11S4. The van der Waals surface area contributed by atoms with Crippen molar-refractivity contribution in [2.45, 2.75) is 87.1 Å². The molecule has 2 bridgehead atoms. The van der Waals surface area contributed by atoms with Crippen molar-refractivity contribution in [3.63, 3.8) is 0 Å². The van der Waals surface area contributed by atoms with Crippen molar-refractivity contribution in [2.75, 3.05) is 31.9 Å². The van der Waals surface area contributed by atoms with Gasteiger partial charge in [0.2, 0.25) is 5.78 Å². The number of ether oxygens (including phenoxy) is 4. The number of rotatable bonds is 14. The van der Waals surface area contributed by atoms with Crippen LogP contribution in [0.2, 0.25) is 0 Å². The van der Waals surface area contributed by atoms with Crippen LogP contribution in [-0.2, 0) is 58.1 Å². The molecule has 5 unspecified atom stereocenters. The number of pyridine rings is 1. The molecule has 63 heavy (non-hydrogen) atoms. The molecule has 15 nitrogen and oxygen atoms in total. The summed E-state index contributed by atoms with van der Waals surface area (Å²) in [4.78, 5) is 63.2. The Kier molecular flexibility index (Phi) is 14.9. The number of aromatic nitrogens is 2. The minimum Gasteiger partial charge on any atom is -0.508 e. The van der Waals surface area contributed by atoms with Crippen molar-refractivity contribution >= 4 is 86.7 Å². The van der Waals surface area contributed by atoms with E-state index in [9.17, 15) is 29.7 Å². The van der Waals surface area contributed by atoms with Gasteiger partial charge in [-0.25, -0.2) is 4.79 Å². The van der Waals surface area contributed by atoms with Crippen molar-refractivity contribution in [2.24, 2.45) is 0 Å². The number of phenols is 1. The fourth-order valence-corrected chi connectivity index (χ4v) is 9.65. The number of esters is 1. The molecule has 6 rings (SSSR count). The number of nitrogens with zero attached hydrogens (tertiary/aromatic N) is 1. The lowest BCUT2D eigenvalue weighted by atomic mass is 9.75. The third-order valence-electron chi connectivity index (χ3n) is 10.7. The lowest BCUT2D eigenvalue weighted by Crippen LogP contribution is -2.68. The molecule has 0 spiro atoms. The first-order valence-corrected chi connectivity index (χ1v) is 25.2. The number of benzene rings is 1. The first-order chi connectivity index (χ1) is 29.8. The van der Waals surface area contributed by atoms with E-state index in [0.29, 0.717) is 34.8 Å². The van der Waals surface area contributed by atoms with Crippen LogP contribution in [0, 0.1) is 23.7 Å². The van der Waals surface area contributed by atoms with Crippen molar-refractivity contribution in [3.05, 3.63) is 71.2 Å². The van der Waals surface area contributed by atoms with Gasteiger partial charge in [0.15, 0.2) is 23.8 Å². The number of amides is 1. The SMILES string of the molecule is COC(=O)NC1=C2/C(=C\CS(C)(=S)=S)[C@](O)(C#C/C=C\C#C[C@@H]2OC2OC(C)C(SC)(C(=O)c3nccc4c3[nH]c3ccc(O)cc34)C(O)C2OC(=O)CCCNC(C)C)CC1=O. The maximum absolute atomic E-state index is 15.1. The minimum absolute atomic E-state index is 0.0207. The van der Waals surface area contributed by atoms with Crippen molar-refractivity contribution in [1.29, 1.82) is 0 Å². The molecule has 1 saturated heterocycles. The summed E-state index contributed by atoms with van der Waals surface area (Å²) in [5.74, 6) is 9.17. The Morgan fingerprint density at radius 3 is 2.63 bits per heavy atom. The quantitative estimate of drug-likeness (QED) is 0.0591. The highest BCUT2D eigenvalue weighted by Gasteiger charge is 2.61. The zero-order valence-corrected chi connectivity index (χ0v) is 38.6. The third kappa shape index (κ3) is 10.2. The van der Waals surface area contributed by atoms with E-state index in [4.69, 9.17) is 41.3 Å². The van der Waals surface area contributed by atoms with Crippen LogP contribution in [0.15, 0.2) is 65.5 Å². The highest BCUT2D eigenvalue weighted by atomic mass is 33.1. The molecule has 1 amide bonds. The van der Waals surface area contributed by atoms with Gasteiger partial charge in [0.25, 0.3) is 0 Å². The zero-order chi connectivity index (χ0) is 45.9. The number of carbonyl (C=O) groups excluding carboxylic acids is 4. The molecule has 7 atom stereocenters. The van der Waals surface area contributed by atoms with Gasteiger partial charge in [-0.1, -0.05) is 50.8 Å². The van der Waals surface area contributed by atoms with Crippen LogP contribution >= 0.6 is 11.8 Å². The van der Waals surface area contributed by atoms with Crippen LogP contribution in [0.1, 0.15) is 50.5 Å². The van der Waals surface area contributed by atoms with Gasteiger partial charge in [-0.15, -0.1) is 11.8 Å². The highest BCUT2D eigenvalue weighted by Crippen LogP contribution is 2.46. The number of methoxy groups -OCH3 is 1. The monoisotopic (exact) mass is 936 g/mol. The number of alkyl carbamates (subject to hydrolysis) is 1. The average Bonchev–Trinajstić information content (AvgIpc) is 3.59. The number of hydrogen-bond acceptors (Lipinski definition) is 16. The van der Waals surface area contributed by atoms with E-state index >= 15 is 4.79 Å². The van der Waals surface area contributed by atoms with Crippen LogP contribution in [0.5, 0.6) is 5.75 Å². The van der Waals surface area contributed by atoms with Crippen molar-refractivity contribution < 1.29 is 53.4 Å². The van der Waals surface area contributed by atoms with Gasteiger partial charge in [-0.2, -0.15) is 0 Å². The second-order valence-electron chi connectivity index (χ2n) is 15.5. The topological polar surface area (TPSA) is 219 Å². The largest absolute Gasteiger partial charge is 0.508 e. The summed E-state index contributed by atoms with van der Waals surface area (Å²) in [7, 11) is -0.988. The number of thioether (sulfide) groups is 1. The summed E-state index contributed by atoms with van der Waals surface area (Å²) >= 11 is 12.1. The van der Waals surface area contributed by atoms with Crippen molar-refractivity contribution in [3.8, 4) is 29.4 Å². The molecule has 3 heterocycles. The van der Waals surface area contributed by atoms with E-state index in [1.807, 2.05) is 13.8 Å². The number of ketones is 2. The van der Waals surface area contributed by atoms with E-state index in [0.717, 1.165) is 18.9 Å². The molecule has 19 heteroatoms. The summed E-state index contributed by atoms with van der Waals surface area (Å²) in [6.07, 6.45) is -0.255. The zero-order valence-electron chi connectivity index (χ0n) is 35.3. The second-order valence-corrected chi connectivity index (χ2v) is 23.8. The first kappa shape index (κ1) is 47.8. The highest BCUT2D eigenvalue weighted by molar-refractivity contribution is 8.56. The Balaban J connectivity index is 1.49. The van der Waals surface area contributed by atoms with Gasteiger partial charge < -0.3 is 44.6 Å². The number of carbonyl (C=O) groups is 4. The van der Waals surface area contributed by atoms with Crippen LogP contribution in [0.3, 0.4) is 0 Å². The van der Waals surface area contributed by atoms with Gasteiger partial charge >= 0.3 is 12.1 Å². The van der Waals surface area contributed by atoms with Crippen LogP contribution in [0.4, 0.5) is 4.79 Å². The molecule has 2 aliphatic carbocycles. The number of Topliss-reactive ketones (excluding diaryl/α,β-unsaturated/α-hetero) is 2. The standard InChI is InChI=1S/C44H48N4O11S4/c1-24(2)45-19-11-13-33(51)59-38-40(53)44(62-5,39(52)37-35-27(16-20-46-37)28-22-26(49)14-15-30(28)47-35)25(3)57-41(38)58-32-12-9-7-8-10-18-43(55)23-31(50)36(48-42(54)56-4)34(32)29(43)17-21-63(6,60)61/h7-8,14-17,20,22,24-25,32,38,40-41,45,47,49,53,55H,11,13,19,21,23H2,1-6H3,(H,48,54)/b8-7-,29-17+/t25?,32-,38?,40?,41?,43-,44?/m0/s1. The number of aromatic hydroxyl groups is 1. The van der Waals surface area contributed by atoms with E-state index in [1.54, 1.807) is 43.7 Å². The number of fused-ring (bicyclic) bond motifs is 5. The molecule has 3 aromatic rings. The Hall–Kier alpha value is -4.67. The molecule has 334 valence electrons. The smallest absolute Gasteiger partial charge is 0.411 e. The molecule has 0 radical (unpaired) electrons. The predicted octanol–water partition coefficient (Wildman–Crippen LogP) is 3.41. The number of phenolic OH excluding ortho intramolecular Hbond substituents is 1. The first-order valence-electron chi connectivity index (χ1n) is 19.9. The van der Waals surface area contributed by atoms with Crippen LogP contribution in [-0.4, -0.2) is 128 Å². The van der Waals surface area contributed by atoms with E-state index in [2.05, 4.69) is 44.3 Å². The number of aliphatic hydroxyl groups is 2. The predicted molar refractivity (Wildman–Crippen MR) is 246 cm³/mol. The molecule has 1 aromatic carbocycles. The lowest BCUT2D eigenvalue weighted by molar-refractivity contribution is -0.278. The van der Waals surface area contributed by atoms with Crippen molar-refractivity contribution in [1.82, 2.24) is 20.6 Å². The Labute approximate surface area is 378 Å². The second kappa shape index (κ2) is 19.6. The Morgan fingerprint density at radius 1 is 1.19 bits per heavy atom. The Bertz CT molecular complexity index is 2670. The normalized spacial score (nSPS) is 27.0. The van der Waals surface area contributed by atoms with Gasteiger partial charge in [-0.05, 0) is 91.2 Å². The lowest BCUT2D eigenvalue weighted by Gasteiger charge is -2.49. The molecule has 0 saturated carbocycles. The van der Waals surface area contributed by atoms with Crippen LogP contribution < -0.4 is 10.6 Å². The molecule has 2 aromatic heterocycles. The number of hydrogen-bond donors (Lipinski definition) is 6. The summed E-state index contributed by atoms with van der Waals surface area (Å²) in [5.41, 5.74) is -1.64. The summed E-state index contributed by atoms with van der Waals surface area (Å²) in [6, 6.07) is 6.58. The average molecular weight is 937 g/mol. The fraction of sp³-hybridized carbons (Fsp3) is 0.432. The molecule has 6 N–H and O–H groups in total. The van der Waals surface area contributed by atoms with Gasteiger partial charge in [0.05, 0.1) is 30.8 Å². The van der Waals surface area contributed by atoms with E-state index in [1.165, 1.54) is 24.4 Å². The van der Waals surface area contributed by atoms with Gasteiger partial charge in [-0.3, -0.25) is 24.7 Å². The summed E-state index contributed by atoms with van der Waals surface area (Å²) in [6.45, 7) is 5.97. The minimum atomic E-state index is -2.14. The van der Waals surface area contributed by atoms with E-state index < -0.39 is 78.3 Å². The molecule has 3 aliphatic rings. The van der Waals surface area contributed by atoms with E-state index in [-0.39, 0.29) is 46.5 Å². The van der Waals surface area contributed by atoms with Gasteiger partial charge in [0, 0.05) is 51.8 Å². The number of nitrogens with one attached hydrogen (secondary N) is 3. The van der Waals surface area contributed by atoms with Crippen LogP contribution in [0.25, 0.3) is 21.8 Å². The number of allylic oxidation sites excluding steroid dienone is 3. The maximum atomic E-state index is 15.1. The number of aliphatic hydroxyl groups excluding tert-OH is 1. The summed E-state index contributed by atoms with van der Waals surface area (Å²) < 4.78 is 22.2. The third-order valence-corrected chi connectivity index (χ3v) is 13.8. The molecular weight excluding hydrogens is 889 g/mol. The fourth-order valence-electron chi connectivity index (χ4n) is 7.73. The molecule has 1 aliphatic heterocycles.